The largest absolute Gasteiger partial charge is 0.497 e. The number of hydrogen-bond acceptors (Lipinski definition) is 7. The number of nitrogens with one attached hydrogen (secondary N) is 2. The van der Waals surface area contributed by atoms with Crippen LogP contribution in [0.4, 0.5) is 17.3 Å². The number of hydrogen-bond donors (Lipinski definition) is 3. The highest BCUT2D eigenvalue weighted by Gasteiger charge is 2.18. The van der Waals surface area contributed by atoms with Crippen LogP contribution in [0.3, 0.4) is 0 Å². The molecular formula is C24H26ClN5O4. The molecule has 0 aliphatic carbocycles. The van der Waals surface area contributed by atoms with Gasteiger partial charge in [0.2, 0.25) is 5.95 Å². The minimum absolute atomic E-state index is 0.0233. The summed E-state index contributed by atoms with van der Waals surface area (Å²) < 4.78 is 5.13. The van der Waals surface area contributed by atoms with E-state index in [1.807, 2.05) is 13.8 Å². The van der Waals surface area contributed by atoms with E-state index in [1.54, 1.807) is 47.4 Å². The molecule has 1 heterocycles. The summed E-state index contributed by atoms with van der Waals surface area (Å²) in [6.07, 6.45) is 2.93. The second kappa shape index (κ2) is 11.4. The van der Waals surface area contributed by atoms with Gasteiger partial charge in [-0.05, 0) is 56.3 Å². The topological polar surface area (TPSA) is 117 Å². The molecule has 10 heteroatoms. The second-order valence-electron chi connectivity index (χ2n) is 7.61. The Bertz CT molecular complexity index is 1140. The van der Waals surface area contributed by atoms with Crippen LogP contribution in [0.25, 0.3) is 0 Å². The minimum atomic E-state index is -0.412. The van der Waals surface area contributed by atoms with Gasteiger partial charge in [0.25, 0.3) is 11.8 Å². The molecule has 178 valence electrons. The number of anilines is 3. The first kappa shape index (κ1) is 24.9. The summed E-state index contributed by atoms with van der Waals surface area (Å²) in [7, 11) is 1.51. The second-order valence-corrected chi connectivity index (χ2v) is 8.02. The molecule has 0 bridgehead atoms. The molecule has 2 aromatic carbocycles. The molecule has 9 nitrogen and oxygen atoms in total. The van der Waals surface area contributed by atoms with Crippen molar-refractivity contribution in [3.63, 3.8) is 0 Å². The Morgan fingerprint density at radius 1 is 1.09 bits per heavy atom. The first-order valence-electron chi connectivity index (χ1n) is 10.6. The zero-order valence-electron chi connectivity index (χ0n) is 19.1. The lowest BCUT2D eigenvalue weighted by atomic mass is 10.1. The number of aliphatic hydroxyl groups is 1. The number of aromatic nitrogens is 2. The molecule has 0 atom stereocenters. The maximum absolute atomic E-state index is 12.7. The molecule has 0 fully saturated rings. The number of methoxy groups -OCH3 is 1. The maximum atomic E-state index is 12.7. The Labute approximate surface area is 202 Å². The van der Waals surface area contributed by atoms with Crippen molar-refractivity contribution in [3.8, 4) is 5.75 Å². The number of carbonyl (C=O) groups is 2. The van der Waals surface area contributed by atoms with Crippen molar-refractivity contribution < 1.29 is 19.4 Å². The molecule has 3 aromatic rings. The molecule has 0 spiro atoms. The Hall–Kier alpha value is -3.69. The molecule has 0 saturated heterocycles. The Balaban J connectivity index is 1.63. The van der Waals surface area contributed by atoms with Gasteiger partial charge in [0.15, 0.2) is 0 Å². The summed E-state index contributed by atoms with van der Waals surface area (Å²) in [5.41, 5.74) is 1.87. The SMILES string of the molecule is COc1ccc(Cl)c(C(=O)Nc2cnc(Nc3ccc(C(=O)N(CCO)C(C)C)cc3)nc2)c1. The van der Waals surface area contributed by atoms with Crippen LogP contribution in [0.15, 0.2) is 54.9 Å². The molecule has 0 saturated carbocycles. The van der Waals surface area contributed by atoms with Crippen molar-refractivity contribution in [1.82, 2.24) is 14.9 Å². The van der Waals surface area contributed by atoms with Gasteiger partial charge in [-0.1, -0.05) is 11.6 Å². The van der Waals surface area contributed by atoms with Crippen molar-refractivity contribution in [3.05, 3.63) is 71.0 Å². The minimum Gasteiger partial charge on any atom is -0.497 e. The van der Waals surface area contributed by atoms with E-state index in [1.165, 1.54) is 19.5 Å². The summed E-state index contributed by atoms with van der Waals surface area (Å²) >= 11 is 6.12. The summed E-state index contributed by atoms with van der Waals surface area (Å²) in [5, 5.41) is 15.2. The van der Waals surface area contributed by atoms with Gasteiger partial charge in [-0.25, -0.2) is 9.97 Å². The fraction of sp³-hybridized carbons (Fsp3) is 0.250. The fourth-order valence-corrected chi connectivity index (χ4v) is 3.36. The van der Waals surface area contributed by atoms with Crippen molar-refractivity contribution in [2.75, 3.05) is 30.9 Å². The van der Waals surface area contributed by atoms with E-state index in [0.29, 0.717) is 33.7 Å². The predicted molar refractivity (Wildman–Crippen MR) is 131 cm³/mol. The van der Waals surface area contributed by atoms with Crippen LogP contribution in [0, 0.1) is 0 Å². The molecule has 34 heavy (non-hydrogen) atoms. The van der Waals surface area contributed by atoms with Gasteiger partial charge >= 0.3 is 0 Å². The number of benzene rings is 2. The van der Waals surface area contributed by atoms with Gasteiger partial charge < -0.3 is 25.4 Å². The molecule has 0 unspecified atom stereocenters. The van der Waals surface area contributed by atoms with E-state index in [9.17, 15) is 14.7 Å². The van der Waals surface area contributed by atoms with E-state index >= 15 is 0 Å². The van der Waals surface area contributed by atoms with Crippen LogP contribution in [0.2, 0.25) is 5.02 Å². The number of ether oxygens (including phenoxy) is 1. The Kier molecular flexibility index (Phi) is 8.39. The monoisotopic (exact) mass is 483 g/mol. The number of amides is 2. The maximum Gasteiger partial charge on any atom is 0.257 e. The van der Waals surface area contributed by atoms with Gasteiger partial charge in [-0.15, -0.1) is 0 Å². The summed E-state index contributed by atoms with van der Waals surface area (Å²) in [4.78, 5) is 35.2. The number of nitrogens with zero attached hydrogens (tertiary/aromatic N) is 3. The van der Waals surface area contributed by atoms with Crippen LogP contribution in [0.1, 0.15) is 34.6 Å². The molecule has 0 radical (unpaired) electrons. The molecule has 1 aromatic heterocycles. The zero-order chi connectivity index (χ0) is 24.7. The van der Waals surface area contributed by atoms with E-state index in [0.717, 1.165) is 0 Å². The van der Waals surface area contributed by atoms with Crippen molar-refractivity contribution in [2.24, 2.45) is 0 Å². The van der Waals surface area contributed by atoms with E-state index in [4.69, 9.17) is 16.3 Å². The average Bonchev–Trinajstić information content (AvgIpc) is 2.84. The van der Waals surface area contributed by atoms with Gasteiger partial charge in [0, 0.05) is 23.8 Å². The highest BCUT2D eigenvalue weighted by atomic mass is 35.5. The molecular weight excluding hydrogens is 458 g/mol. The molecule has 3 N–H and O–H groups in total. The highest BCUT2D eigenvalue weighted by molar-refractivity contribution is 6.34. The standard InChI is InChI=1S/C24H26ClN5O4/c1-15(2)30(10-11-31)23(33)16-4-6-17(7-5-16)29-24-26-13-18(14-27-24)28-22(32)20-12-19(34-3)8-9-21(20)25/h4-9,12-15,31H,10-11H2,1-3H3,(H,28,32)(H,26,27,29). The number of halogens is 1. The quantitative estimate of drug-likeness (QED) is 0.421. The van der Waals surface area contributed by atoms with Crippen LogP contribution in [-0.2, 0) is 0 Å². The van der Waals surface area contributed by atoms with E-state index in [2.05, 4.69) is 20.6 Å². The smallest absolute Gasteiger partial charge is 0.257 e. The first-order chi connectivity index (χ1) is 16.3. The molecule has 0 aliphatic heterocycles. The molecule has 0 aliphatic rings. The molecule has 3 rings (SSSR count). The van der Waals surface area contributed by atoms with Gasteiger partial charge in [0.1, 0.15) is 5.75 Å². The fourth-order valence-electron chi connectivity index (χ4n) is 3.15. The van der Waals surface area contributed by atoms with Crippen molar-refractivity contribution in [2.45, 2.75) is 19.9 Å². The van der Waals surface area contributed by atoms with Gasteiger partial charge in [0.05, 0.1) is 42.4 Å². The number of rotatable bonds is 9. The molecule has 2 amide bonds. The van der Waals surface area contributed by atoms with E-state index < -0.39 is 5.91 Å². The summed E-state index contributed by atoms with van der Waals surface area (Å²) in [6.45, 7) is 3.98. The van der Waals surface area contributed by atoms with E-state index in [-0.39, 0.29) is 30.7 Å². The highest BCUT2D eigenvalue weighted by Crippen LogP contribution is 2.23. The van der Waals surface area contributed by atoms with Crippen LogP contribution >= 0.6 is 11.6 Å². The van der Waals surface area contributed by atoms with Crippen LogP contribution in [-0.4, -0.2) is 58.1 Å². The number of aliphatic hydroxyl groups excluding tert-OH is 1. The number of carbonyl (C=O) groups excluding carboxylic acids is 2. The van der Waals surface area contributed by atoms with Crippen molar-refractivity contribution in [1.29, 1.82) is 0 Å². The average molecular weight is 484 g/mol. The van der Waals surface area contributed by atoms with Crippen molar-refractivity contribution >= 4 is 40.7 Å². The first-order valence-corrected chi connectivity index (χ1v) is 11.0. The predicted octanol–water partition coefficient (Wildman–Crippen LogP) is 3.98. The summed E-state index contributed by atoms with van der Waals surface area (Å²) in [5.74, 6) is 0.275. The Morgan fingerprint density at radius 3 is 2.35 bits per heavy atom. The Morgan fingerprint density at radius 2 is 1.76 bits per heavy atom. The normalized spacial score (nSPS) is 10.6. The van der Waals surface area contributed by atoms with Gasteiger partial charge in [-0.2, -0.15) is 0 Å². The third-order valence-electron chi connectivity index (χ3n) is 4.94. The lowest BCUT2D eigenvalue weighted by Gasteiger charge is -2.26. The van der Waals surface area contributed by atoms with Crippen LogP contribution in [0.5, 0.6) is 5.75 Å². The summed E-state index contributed by atoms with van der Waals surface area (Å²) in [6, 6.07) is 11.7. The third-order valence-corrected chi connectivity index (χ3v) is 5.27. The lowest BCUT2D eigenvalue weighted by molar-refractivity contribution is 0.0665. The third kappa shape index (κ3) is 6.21. The zero-order valence-corrected chi connectivity index (χ0v) is 19.8. The van der Waals surface area contributed by atoms with Gasteiger partial charge in [-0.3, -0.25) is 9.59 Å². The van der Waals surface area contributed by atoms with Crippen LogP contribution < -0.4 is 15.4 Å². The lowest BCUT2D eigenvalue weighted by Crippen LogP contribution is -2.38.